The number of hydrogen-bond donors (Lipinski definition) is 3. The molecule has 3 rings (SSSR count). The molecule has 0 bridgehead atoms. The highest BCUT2D eigenvalue weighted by atomic mass is 32.2. The number of amides is 1. The maximum absolute atomic E-state index is 13.1. The molecule has 0 atom stereocenters. The van der Waals surface area contributed by atoms with Crippen molar-refractivity contribution < 1.29 is 27.5 Å². The molecule has 0 aliphatic carbocycles. The lowest BCUT2D eigenvalue weighted by atomic mass is 10.1. The van der Waals surface area contributed by atoms with E-state index in [0.29, 0.717) is 24.3 Å². The quantitative estimate of drug-likeness (QED) is 0.216. The first-order valence-electron chi connectivity index (χ1n) is 11.7. The zero-order valence-electron chi connectivity index (χ0n) is 20.2. The standard InChI is InChI=1S/C24H31N5O6S/c1-3-4-5-6-15-34-22(30)17-35-19-7-9-20(10-8-19)36(32,33)29-16-21(25-2)23(28-29)24(31)27-18-11-13-26-14-12-18/h1,7-10,16,18,25-26H,4-6,11-15,17H2,2H3,(H,27,31). The van der Waals surface area contributed by atoms with Crippen LogP contribution in [0.1, 0.15) is 42.6 Å². The highest BCUT2D eigenvalue weighted by Crippen LogP contribution is 2.22. The number of piperidine rings is 1. The lowest BCUT2D eigenvalue weighted by molar-refractivity contribution is -0.146. The fourth-order valence-corrected chi connectivity index (χ4v) is 4.69. The predicted molar refractivity (Wildman–Crippen MR) is 133 cm³/mol. The Kier molecular flexibility index (Phi) is 9.72. The van der Waals surface area contributed by atoms with E-state index in [1.165, 1.54) is 30.5 Å². The normalized spacial score (nSPS) is 14.0. The summed E-state index contributed by atoms with van der Waals surface area (Å²) in [6.45, 7) is 1.57. The van der Waals surface area contributed by atoms with Crippen molar-refractivity contribution in [3.8, 4) is 18.1 Å². The molecule has 1 fully saturated rings. The predicted octanol–water partition coefficient (Wildman–Crippen LogP) is 1.37. The molecule has 3 N–H and O–H groups in total. The summed E-state index contributed by atoms with van der Waals surface area (Å²) in [5, 5.41) is 13.0. The third-order valence-corrected chi connectivity index (χ3v) is 7.10. The highest BCUT2D eigenvalue weighted by molar-refractivity contribution is 7.89. The minimum Gasteiger partial charge on any atom is -0.482 e. The molecule has 0 unspecified atom stereocenters. The number of anilines is 1. The molecule has 0 radical (unpaired) electrons. The first kappa shape index (κ1) is 27.0. The second-order valence-corrected chi connectivity index (χ2v) is 9.95. The summed E-state index contributed by atoms with van der Waals surface area (Å²) in [5.74, 6) is 1.85. The second kappa shape index (κ2) is 12.9. The number of terminal acetylenes is 1. The number of benzene rings is 1. The Morgan fingerprint density at radius 3 is 2.61 bits per heavy atom. The number of nitrogens with one attached hydrogen (secondary N) is 3. The maximum Gasteiger partial charge on any atom is 0.344 e. The van der Waals surface area contributed by atoms with Crippen LogP contribution < -0.4 is 20.7 Å². The van der Waals surface area contributed by atoms with Crippen molar-refractivity contribution >= 4 is 27.6 Å². The molecule has 1 saturated heterocycles. The summed E-state index contributed by atoms with van der Waals surface area (Å²) in [6, 6.07) is 5.54. The Morgan fingerprint density at radius 2 is 1.94 bits per heavy atom. The van der Waals surface area contributed by atoms with Crippen LogP contribution in [0.15, 0.2) is 35.4 Å². The van der Waals surface area contributed by atoms with Gasteiger partial charge in [0.15, 0.2) is 12.3 Å². The molecule has 1 aliphatic rings. The fraction of sp³-hybridized carbons (Fsp3) is 0.458. The van der Waals surface area contributed by atoms with Crippen LogP contribution in [-0.4, -0.2) is 68.9 Å². The smallest absolute Gasteiger partial charge is 0.344 e. The number of aromatic nitrogens is 2. The monoisotopic (exact) mass is 517 g/mol. The molecular formula is C24H31N5O6S. The summed E-state index contributed by atoms with van der Waals surface area (Å²) in [5.41, 5.74) is 0.292. The number of carbonyl (C=O) groups is 2. The highest BCUT2D eigenvalue weighted by Gasteiger charge is 2.25. The Labute approximate surface area is 211 Å². The van der Waals surface area contributed by atoms with Crippen molar-refractivity contribution in [1.29, 1.82) is 0 Å². The Balaban J connectivity index is 1.61. The molecule has 2 heterocycles. The molecule has 11 nitrogen and oxygen atoms in total. The van der Waals surface area contributed by atoms with E-state index in [2.05, 4.69) is 27.0 Å². The molecule has 1 aliphatic heterocycles. The van der Waals surface area contributed by atoms with E-state index >= 15 is 0 Å². The van der Waals surface area contributed by atoms with E-state index in [-0.39, 0.29) is 29.8 Å². The largest absolute Gasteiger partial charge is 0.482 e. The summed E-state index contributed by atoms with van der Waals surface area (Å²) in [7, 11) is -2.48. The molecule has 1 aromatic heterocycles. The summed E-state index contributed by atoms with van der Waals surface area (Å²) < 4.78 is 37.4. The fourth-order valence-electron chi connectivity index (χ4n) is 3.56. The summed E-state index contributed by atoms with van der Waals surface area (Å²) in [4.78, 5) is 24.5. The van der Waals surface area contributed by atoms with Gasteiger partial charge in [0, 0.05) is 19.5 Å². The summed E-state index contributed by atoms with van der Waals surface area (Å²) >= 11 is 0. The Hall–Kier alpha value is -3.56. The van der Waals surface area contributed by atoms with Gasteiger partial charge in [0.25, 0.3) is 15.9 Å². The van der Waals surface area contributed by atoms with Gasteiger partial charge in [-0.25, -0.2) is 4.79 Å². The van der Waals surface area contributed by atoms with Crippen LogP contribution in [0, 0.1) is 12.3 Å². The van der Waals surface area contributed by atoms with Gasteiger partial charge in [-0.3, -0.25) is 4.79 Å². The van der Waals surface area contributed by atoms with Crippen LogP contribution in [0.5, 0.6) is 5.75 Å². The van der Waals surface area contributed by atoms with E-state index in [9.17, 15) is 18.0 Å². The minimum atomic E-state index is -4.07. The van der Waals surface area contributed by atoms with Crippen molar-refractivity contribution in [2.24, 2.45) is 0 Å². The van der Waals surface area contributed by atoms with E-state index in [4.69, 9.17) is 15.9 Å². The van der Waals surface area contributed by atoms with E-state index in [0.717, 1.165) is 36.4 Å². The van der Waals surface area contributed by atoms with Gasteiger partial charge >= 0.3 is 5.97 Å². The lowest BCUT2D eigenvalue weighted by Crippen LogP contribution is -2.43. The minimum absolute atomic E-state index is 0.00244. The van der Waals surface area contributed by atoms with Crippen molar-refractivity contribution in [3.63, 3.8) is 0 Å². The van der Waals surface area contributed by atoms with E-state index in [1.54, 1.807) is 7.05 Å². The molecule has 0 saturated carbocycles. The van der Waals surface area contributed by atoms with Gasteiger partial charge in [-0.2, -0.15) is 17.6 Å². The zero-order chi connectivity index (χ0) is 26.0. The van der Waals surface area contributed by atoms with Crippen molar-refractivity contribution in [2.75, 3.05) is 38.7 Å². The number of ether oxygens (including phenoxy) is 2. The molecule has 194 valence electrons. The number of nitrogens with zero attached hydrogens (tertiary/aromatic N) is 2. The molecule has 0 spiro atoms. The number of rotatable bonds is 12. The third-order valence-electron chi connectivity index (χ3n) is 5.56. The average Bonchev–Trinajstić information content (AvgIpc) is 3.34. The van der Waals surface area contributed by atoms with Crippen LogP contribution in [0.4, 0.5) is 5.69 Å². The third kappa shape index (κ3) is 7.22. The SMILES string of the molecule is C#CCCCCOC(=O)COc1ccc(S(=O)(=O)n2cc(NC)c(C(=O)NC3CCNCC3)n2)cc1. The molecular weight excluding hydrogens is 486 g/mol. The Morgan fingerprint density at radius 1 is 1.22 bits per heavy atom. The Bertz CT molecular complexity index is 1180. The summed E-state index contributed by atoms with van der Waals surface area (Å²) in [6.07, 6.45) is 10.1. The van der Waals surface area contributed by atoms with Crippen molar-refractivity contribution in [3.05, 3.63) is 36.2 Å². The van der Waals surface area contributed by atoms with Gasteiger partial charge < -0.3 is 25.4 Å². The second-order valence-electron chi connectivity index (χ2n) is 8.16. The lowest BCUT2D eigenvalue weighted by Gasteiger charge is -2.23. The van der Waals surface area contributed by atoms with Crippen LogP contribution in [0.3, 0.4) is 0 Å². The average molecular weight is 518 g/mol. The van der Waals surface area contributed by atoms with Gasteiger partial charge in [0.2, 0.25) is 0 Å². The first-order valence-corrected chi connectivity index (χ1v) is 13.2. The van der Waals surface area contributed by atoms with E-state index < -0.39 is 21.9 Å². The van der Waals surface area contributed by atoms with Crippen LogP contribution in [0.25, 0.3) is 0 Å². The van der Waals surface area contributed by atoms with Gasteiger partial charge in [-0.1, -0.05) is 0 Å². The van der Waals surface area contributed by atoms with Crippen LogP contribution in [-0.2, 0) is 19.6 Å². The molecule has 12 heteroatoms. The molecule has 1 amide bonds. The molecule has 1 aromatic carbocycles. The number of hydrogen-bond acceptors (Lipinski definition) is 9. The van der Waals surface area contributed by atoms with Crippen molar-refractivity contribution in [2.45, 2.75) is 43.0 Å². The maximum atomic E-state index is 13.1. The number of carbonyl (C=O) groups excluding carboxylic acids is 2. The number of unbranched alkanes of at least 4 members (excludes halogenated alkanes) is 2. The van der Waals surface area contributed by atoms with Gasteiger partial charge in [0.1, 0.15) is 5.75 Å². The van der Waals surface area contributed by atoms with Gasteiger partial charge in [-0.05, 0) is 63.0 Å². The number of esters is 1. The van der Waals surface area contributed by atoms with E-state index in [1.807, 2.05) is 0 Å². The topological polar surface area (TPSA) is 141 Å². The first-order chi connectivity index (χ1) is 17.3. The van der Waals surface area contributed by atoms with Gasteiger partial charge in [-0.15, -0.1) is 12.3 Å². The van der Waals surface area contributed by atoms with Crippen LogP contribution in [0.2, 0.25) is 0 Å². The van der Waals surface area contributed by atoms with Gasteiger partial charge in [0.05, 0.1) is 23.4 Å². The van der Waals surface area contributed by atoms with Crippen molar-refractivity contribution in [1.82, 2.24) is 19.8 Å². The molecule has 36 heavy (non-hydrogen) atoms. The zero-order valence-corrected chi connectivity index (χ0v) is 21.0. The van der Waals surface area contributed by atoms with Crippen LogP contribution >= 0.6 is 0 Å². The molecule has 2 aromatic rings.